The number of hydrogen-bond acceptors (Lipinski definition) is 4. The lowest BCUT2D eigenvalue weighted by molar-refractivity contribution is -0.115. The number of hydrogen-bond donors (Lipinski definition) is 2. The van der Waals surface area contributed by atoms with E-state index in [9.17, 15) is 9.18 Å². The van der Waals surface area contributed by atoms with Crippen LogP contribution in [0, 0.1) is 12.7 Å². The highest BCUT2D eigenvalue weighted by Gasteiger charge is 2.10. The van der Waals surface area contributed by atoms with Crippen LogP contribution >= 0.6 is 11.6 Å². The molecular weight excluding hydrogens is 381 g/mol. The number of amides is 1. The van der Waals surface area contributed by atoms with Gasteiger partial charge in [0.05, 0.1) is 31.1 Å². The number of benzene rings is 2. The van der Waals surface area contributed by atoms with Gasteiger partial charge in [0, 0.05) is 11.1 Å². The minimum absolute atomic E-state index is 0.0477. The number of rotatable bonds is 6. The maximum absolute atomic E-state index is 13.6. The van der Waals surface area contributed by atoms with Crippen molar-refractivity contribution in [1.29, 1.82) is 0 Å². The number of carbonyl (C=O) groups is 1. The molecule has 0 unspecified atom stereocenters. The largest absolute Gasteiger partial charge is 0.495 e. The van der Waals surface area contributed by atoms with E-state index < -0.39 is 5.82 Å². The normalized spacial score (nSPS) is 10.4. The smallest absolute Gasteiger partial charge is 0.228 e. The Kier molecular flexibility index (Phi) is 6.11. The molecule has 1 amide bonds. The number of pyridine rings is 1. The van der Waals surface area contributed by atoms with Crippen LogP contribution in [-0.4, -0.2) is 18.0 Å². The first kappa shape index (κ1) is 19.6. The summed E-state index contributed by atoms with van der Waals surface area (Å²) in [5, 5.41) is 6.49. The van der Waals surface area contributed by atoms with Crippen LogP contribution in [0.2, 0.25) is 5.02 Å². The molecule has 3 rings (SSSR count). The Morgan fingerprint density at radius 2 is 2.00 bits per heavy atom. The van der Waals surface area contributed by atoms with E-state index in [-0.39, 0.29) is 12.3 Å². The number of ether oxygens (including phenoxy) is 1. The van der Waals surface area contributed by atoms with E-state index in [2.05, 4.69) is 15.6 Å². The molecule has 2 N–H and O–H groups in total. The first-order chi connectivity index (χ1) is 13.5. The van der Waals surface area contributed by atoms with Crippen LogP contribution in [-0.2, 0) is 11.2 Å². The molecule has 0 fully saturated rings. The molecule has 0 saturated carbocycles. The monoisotopic (exact) mass is 399 g/mol. The molecule has 28 heavy (non-hydrogen) atoms. The topological polar surface area (TPSA) is 63.2 Å². The Morgan fingerprint density at radius 3 is 2.68 bits per heavy atom. The first-order valence-corrected chi connectivity index (χ1v) is 8.94. The summed E-state index contributed by atoms with van der Waals surface area (Å²) in [5.74, 6) is 0.455. The summed E-state index contributed by atoms with van der Waals surface area (Å²) in [6.07, 6.45) is 1.48. The zero-order valence-corrected chi connectivity index (χ0v) is 16.2. The molecule has 5 nitrogen and oxygen atoms in total. The van der Waals surface area contributed by atoms with Gasteiger partial charge < -0.3 is 15.4 Å². The number of anilines is 3. The van der Waals surface area contributed by atoms with Crippen LogP contribution in [0.15, 0.2) is 54.7 Å². The van der Waals surface area contributed by atoms with Gasteiger partial charge in [-0.1, -0.05) is 29.8 Å². The molecule has 0 bridgehead atoms. The van der Waals surface area contributed by atoms with Crippen molar-refractivity contribution in [1.82, 2.24) is 4.98 Å². The highest BCUT2D eigenvalue weighted by molar-refractivity contribution is 6.31. The highest BCUT2D eigenvalue weighted by atomic mass is 35.5. The summed E-state index contributed by atoms with van der Waals surface area (Å²) in [7, 11) is 1.56. The quantitative estimate of drug-likeness (QED) is 0.604. The number of nitrogens with one attached hydrogen (secondary N) is 2. The highest BCUT2D eigenvalue weighted by Crippen LogP contribution is 2.32. The fourth-order valence-electron chi connectivity index (χ4n) is 2.63. The maximum Gasteiger partial charge on any atom is 0.228 e. The average molecular weight is 400 g/mol. The van der Waals surface area contributed by atoms with Crippen molar-refractivity contribution in [3.63, 3.8) is 0 Å². The zero-order chi connectivity index (χ0) is 20.1. The molecule has 1 aromatic heterocycles. The van der Waals surface area contributed by atoms with Crippen molar-refractivity contribution >= 4 is 34.7 Å². The van der Waals surface area contributed by atoms with Crippen molar-refractivity contribution in [3.8, 4) is 5.75 Å². The fourth-order valence-corrected chi connectivity index (χ4v) is 2.78. The van der Waals surface area contributed by atoms with Crippen molar-refractivity contribution in [2.45, 2.75) is 13.3 Å². The van der Waals surface area contributed by atoms with Gasteiger partial charge in [-0.15, -0.1) is 0 Å². The summed E-state index contributed by atoms with van der Waals surface area (Å²) in [5.41, 5.74) is 2.50. The summed E-state index contributed by atoms with van der Waals surface area (Å²) >= 11 is 6.12. The second kappa shape index (κ2) is 8.71. The number of aryl methyl sites for hydroxylation is 1. The van der Waals surface area contributed by atoms with E-state index in [1.807, 2.05) is 13.0 Å². The number of aromatic nitrogens is 1. The van der Waals surface area contributed by atoms with Crippen LogP contribution < -0.4 is 15.4 Å². The van der Waals surface area contributed by atoms with Crippen LogP contribution in [0.3, 0.4) is 0 Å². The number of methoxy groups -OCH3 is 1. The minimum Gasteiger partial charge on any atom is -0.495 e. The van der Waals surface area contributed by atoms with E-state index in [1.165, 1.54) is 12.3 Å². The predicted molar refractivity (Wildman–Crippen MR) is 109 cm³/mol. The van der Waals surface area contributed by atoms with Crippen molar-refractivity contribution in [2.24, 2.45) is 0 Å². The van der Waals surface area contributed by atoms with Gasteiger partial charge >= 0.3 is 0 Å². The van der Waals surface area contributed by atoms with E-state index >= 15 is 0 Å². The molecule has 0 atom stereocenters. The molecule has 7 heteroatoms. The molecule has 0 saturated heterocycles. The number of nitrogens with zero attached hydrogens (tertiary/aromatic N) is 1. The third-order valence-electron chi connectivity index (χ3n) is 4.10. The summed E-state index contributed by atoms with van der Waals surface area (Å²) in [6, 6.07) is 13.2. The average Bonchev–Trinajstić information content (AvgIpc) is 2.68. The number of halogens is 2. The second-order valence-corrected chi connectivity index (χ2v) is 6.58. The molecule has 3 aromatic rings. The minimum atomic E-state index is -0.400. The second-order valence-electron chi connectivity index (χ2n) is 6.18. The van der Waals surface area contributed by atoms with Crippen LogP contribution in [0.5, 0.6) is 5.75 Å². The van der Waals surface area contributed by atoms with Gasteiger partial charge in [0.1, 0.15) is 17.4 Å². The van der Waals surface area contributed by atoms with Crippen molar-refractivity contribution < 1.29 is 13.9 Å². The Bertz CT molecular complexity index is 993. The molecule has 2 aromatic carbocycles. The van der Waals surface area contributed by atoms with E-state index in [1.54, 1.807) is 43.5 Å². The fraction of sp³-hybridized carbons (Fsp3) is 0.143. The van der Waals surface area contributed by atoms with Gasteiger partial charge in [0.25, 0.3) is 0 Å². The van der Waals surface area contributed by atoms with Crippen molar-refractivity contribution in [3.05, 3.63) is 76.7 Å². The standard InChI is InChI=1S/C21H19ClFN3O2/c1-13-9-18(19(28-2)11-16(13)22)26-20-8-7-15(12-24-20)25-21(27)10-14-5-3-4-6-17(14)23/h3-9,11-12H,10H2,1-2H3,(H,24,26)(H,25,27). The van der Waals surface area contributed by atoms with Crippen LogP contribution in [0.25, 0.3) is 0 Å². The van der Waals surface area contributed by atoms with Crippen LogP contribution in [0.4, 0.5) is 21.6 Å². The van der Waals surface area contributed by atoms with E-state index in [0.29, 0.717) is 27.8 Å². The molecular formula is C21H19ClFN3O2. The number of carbonyl (C=O) groups excluding carboxylic acids is 1. The molecule has 0 radical (unpaired) electrons. The van der Waals surface area contributed by atoms with Gasteiger partial charge in [-0.25, -0.2) is 9.37 Å². The molecule has 0 spiro atoms. The molecule has 0 aliphatic heterocycles. The van der Waals surface area contributed by atoms with Crippen molar-refractivity contribution in [2.75, 3.05) is 17.7 Å². The molecule has 1 heterocycles. The summed E-state index contributed by atoms with van der Waals surface area (Å²) < 4.78 is 19.0. The van der Waals surface area contributed by atoms with E-state index in [0.717, 1.165) is 11.3 Å². The maximum atomic E-state index is 13.6. The lowest BCUT2D eigenvalue weighted by Crippen LogP contribution is -2.15. The molecule has 0 aliphatic carbocycles. The Hall–Kier alpha value is -3.12. The Labute approximate surface area is 167 Å². The van der Waals surface area contributed by atoms with E-state index in [4.69, 9.17) is 16.3 Å². The molecule has 0 aliphatic rings. The first-order valence-electron chi connectivity index (χ1n) is 8.56. The summed E-state index contributed by atoms with van der Waals surface area (Å²) in [6.45, 7) is 1.90. The molecule has 144 valence electrons. The third kappa shape index (κ3) is 4.78. The summed E-state index contributed by atoms with van der Waals surface area (Å²) in [4.78, 5) is 16.4. The lowest BCUT2D eigenvalue weighted by atomic mass is 10.1. The van der Waals surface area contributed by atoms with Gasteiger partial charge in [0.15, 0.2) is 0 Å². The lowest BCUT2D eigenvalue weighted by Gasteiger charge is -2.13. The van der Waals surface area contributed by atoms with Gasteiger partial charge in [-0.3, -0.25) is 4.79 Å². The Balaban J connectivity index is 1.66. The van der Waals surface area contributed by atoms with Gasteiger partial charge in [-0.05, 0) is 42.3 Å². The third-order valence-corrected chi connectivity index (χ3v) is 4.51. The predicted octanol–water partition coefficient (Wildman–Crippen LogP) is 5.12. The van der Waals surface area contributed by atoms with Crippen LogP contribution in [0.1, 0.15) is 11.1 Å². The Morgan fingerprint density at radius 1 is 1.21 bits per heavy atom. The van der Waals surface area contributed by atoms with Gasteiger partial charge in [-0.2, -0.15) is 0 Å². The zero-order valence-electron chi connectivity index (χ0n) is 15.4. The van der Waals surface area contributed by atoms with Gasteiger partial charge in [0.2, 0.25) is 5.91 Å². The SMILES string of the molecule is COc1cc(Cl)c(C)cc1Nc1ccc(NC(=O)Cc2ccccc2F)cn1.